The minimum absolute atomic E-state index is 0.433. The highest BCUT2D eigenvalue weighted by Gasteiger charge is 1.87. The van der Waals surface area contributed by atoms with E-state index in [2.05, 4.69) is 4.98 Å². The minimum Gasteiger partial charge on any atom is -0.303 e. The summed E-state index contributed by atoms with van der Waals surface area (Å²) in [6.07, 6.45) is 6.54. The summed E-state index contributed by atoms with van der Waals surface area (Å²) in [5.41, 5.74) is 0.946. The Labute approximate surface area is 75.9 Å². The second-order valence-electron chi connectivity index (χ2n) is 2.22. The molecule has 0 aromatic carbocycles. The molecular formula is C9H8ClNO. The third kappa shape index (κ3) is 2.84. The summed E-state index contributed by atoms with van der Waals surface area (Å²) in [6.45, 7) is 0. The van der Waals surface area contributed by atoms with Crippen LogP contribution < -0.4 is 0 Å². The maximum absolute atomic E-state index is 9.96. The van der Waals surface area contributed by atoms with Crippen molar-refractivity contribution in [3.8, 4) is 0 Å². The molecule has 0 unspecified atom stereocenters. The summed E-state index contributed by atoms with van der Waals surface area (Å²) in [7, 11) is 0. The number of rotatable bonds is 3. The van der Waals surface area contributed by atoms with Gasteiger partial charge < -0.3 is 4.79 Å². The highest BCUT2D eigenvalue weighted by molar-refractivity contribution is 6.29. The van der Waals surface area contributed by atoms with Crippen LogP contribution in [-0.2, 0) is 4.79 Å². The molecule has 0 aliphatic rings. The van der Waals surface area contributed by atoms with Crippen molar-refractivity contribution in [1.29, 1.82) is 0 Å². The van der Waals surface area contributed by atoms with Crippen molar-refractivity contribution in [2.24, 2.45) is 0 Å². The Morgan fingerprint density at radius 2 is 2.33 bits per heavy atom. The van der Waals surface area contributed by atoms with Crippen LogP contribution in [0.5, 0.6) is 0 Å². The van der Waals surface area contributed by atoms with Gasteiger partial charge in [-0.3, -0.25) is 0 Å². The Morgan fingerprint density at radius 3 is 2.92 bits per heavy atom. The smallest absolute Gasteiger partial charge is 0.129 e. The molecule has 1 aromatic heterocycles. The molecule has 0 saturated heterocycles. The molecule has 0 fully saturated rings. The Hall–Kier alpha value is -1.15. The van der Waals surface area contributed by atoms with Crippen molar-refractivity contribution in [2.75, 3.05) is 0 Å². The summed E-state index contributed by atoms with van der Waals surface area (Å²) >= 11 is 5.58. The van der Waals surface area contributed by atoms with Crippen molar-refractivity contribution in [3.63, 3.8) is 0 Å². The molecule has 3 heteroatoms. The molecule has 0 amide bonds. The van der Waals surface area contributed by atoms with Gasteiger partial charge in [0.15, 0.2) is 0 Å². The van der Waals surface area contributed by atoms with Gasteiger partial charge in [0.05, 0.1) is 0 Å². The lowest BCUT2D eigenvalue weighted by Crippen LogP contribution is -1.76. The van der Waals surface area contributed by atoms with Crippen molar-refractivity contribution in [3.05, 3.63) is 35.1 Å². The summed E-state index contributed by atoms with van der Waals surface area (Å²) < 4.78 is 0. The van der Waals surface area contributed by atoms with Crippen molar-refractivity contribution >= 4 is 24.0 Å². The van der Waals surface area contributed by atoms with Crippen LogP contribution in [0.2, 0.25) is 5.15 Å². The molecule has 0 radical (unpaired) electrons. The SMILES string of the molecule is O=CCC=Cc1ccc(Cl)nc1. The number of pyridine rings is 1. The van der Waals surface area contributed by atoms with Crippen LogP contribution in [-0.4, -0.2) is 11.3 Å². The number of allylic oxidation sites excluding steroid dienone is 1. The Kier molecular flexibility index (Phi) is 3.48. The lowest BCUT2D eigenvalue weighted by Gasteiger charge is -1.90. The molecule has 0 aliphatic heterocycles. The predicted molar refractivity (Wildman–Crippen MR) is 49.0 cm³/mol. The first-order valence-corrected chi connectivity index (χ1v) is 3.92. The van der Waals surface area contributed by atoms with E-state index in [-0.39, 0.29) is 0 Å². The Morgan fingerprint density at radius 1 is 1.50 bits per heavy atom. The van der Waals surface area contributed by atoms with E-state index in [1.807, 2.05) is 12.1 Å². The van der Waals surface area contributed by atoms with E-state index in [9.17, 15) is 4.79 Å². The average Bonchev–Trinajstić information content (AvgIpc) is 2.09. The molecule has 12 heavy (non-hydrogen) atoms. The zero-order valence-electron chi connectivity index (χ0n) is 6.40. The zero-order valence-corrected chi connectivity index (χ0v) is 7.16. The van der Waals surface area contributed by atoms with Crippen LogP contribution in [0.3, 0.4) is 0 Å². The largest absolute Gasteiger partial charge is 0.303 e. The Bertz CT molecular complexity index is 279. The lowest BCUT2D eigenvalue weighted by molar-refractivity contribution is -0.107. The van der Waals surface area contributed by atoms with Crippen molar-refractivity contribution < 1.29 is 4.79 Å². The molecule has 0 bridgehead atoms. The number of aromatic nitrogens is 1. The quantitative estimate of drug-likeness (QED) is 0.529. The molecule has 0 spiro atoms. The molecule has 1 rings (SSSR count). The number of aldehydes is 1. The van der Waals surface area contributed by atoms with Gasteiger partial charge >= 0.3 is 0 Å². The first-order valence-electron chi connectivity index (χ1n) is 3.54. The number of hydrogen-bond acceptors (Lipinski definition) is 2. The second-order valence-corrected chi connectivity index (χ2v) is 2.61. The molecule has 2 nitrogen and oxygen atoms in total. The van der Waals surface area contributed by atoms with Crippen LogP contribution >= 0.6 is 11.6 Å². The van der Waals surface area contributed by atoms with E-state index >= 15 is 0 Å². The fourth-order valence-corrected chi connectivity index (χ4v) is 0.857. The van der Waals surface area contributed by atoms with Crippen LogP contribution in [0.25, 0.3) is 6.08 Å². The van der Waals surface area contributed by atoms with E-state index in [0.29, 0.717) is 11.6 Å². The summed E-state index contributed by atoms with van der Waals surface area (Å²) in [4.78, 5) is 13.8. The monoisotopic (exact) mass is 181 g/mol. The van der Waals surface area contributed by atoms with Crippen LogP contribution in [0, 0.1) is 0 Å². The van der Waals surface area contributed by atoms with Gasteiger partial charge in [-0.1, -0.05) is 29.8 Å². The van der Waals surface area contributed by atoms with Gasteiger partial charge in [0.2, 0.25) is 0 Å². The standard InChI is InChI=1S/C9H8ClNO/c10-9-5-4-8(7-11-9)3-1-2-6-12/h1,3-7H,2H2. The molecule has 1 heterocycles. The normalized spacial score (nSPS) is 10.4. The summed E-state index contributed by atoms with van der Waals surface area (Å²) in [5.74, 6) is 0. The molecule has 62 valence electrons. The van der Waals surface area contributed by atoms with Gasteiger partial charge in [-0.05, 0) is 11.6 Å². The van der Waals surface area contributed by atoms with Crippen LogP contribution in [0.4, 0.5) is 0 Å². The highest BCUT2D eigenvalue weighted by atomic mass is 35.5. The second kappa shape index (κ2) is 4.67. The molecule has 0 aliphatic carbocycles. The van der Waals surface area contributed by atoms with E-state index in [0.717, 1.165) is 11.8 Å². The highest BCUT2D eigenvalue weighted by Crippen LogP contribution is 2.06. The maximum Gasteiger partial charge on any atom is 0.129 e. The first-order chi connectivity index (χ1) is 5.83. The Balaban J connectivity index is 2.64. The third-order valence-electron chi connectivity index (χ3n) is 1.29. The van der Waals surface area contributed by atoms with Crippen LogP contribution in [0.15, 0.2) is 24.4 Å². The number of halogens is 1. The number of hydrogen-bond donors (Lipinski definition) is 0. The first kappa shape index (κ1) is 8.94. The number of carbonyl (C=O) groups excluding carboxylic acids is 1. The summed E-state index contributed by atoms with van der Waals surface area (Å²) in [5, 5.41) is 0.475. The molecular weight excluding hydrogens is 174 g/mol. The average molecular weight is 182 g/mol. The third-order valence-corrected chi connectivity index (χ3v) is 1.52. The zero-order chi connectivity index (χ0) is 8.81. The van der Waals surface area contributed by atoms with E-state index in [1.54, 1.807) is 18.3 Å². The van der Waals surface area contributed by atoms with Gasteiger partial charge in [0.25, 0.3) is 0 Å². The predicted octanol–water partition coefficient (Wildman–Crippen LogP) is 2.34. The van der Waals surface area contributed by atoms with Gasteiger partial charge in [-0.2, -0.15) is 0 Å². The lowest BCUT2D eigenvalue weighted by atomic mass is 10.2. The fraction of sp³-hybridized carbons (Fsp3) is 0.111. The van der Waals surface area contributed by atoms with Gasteiger partial charge in [-0.15, -0.1) is 0 Å². The van der Waals surface area contributed by atoms with Crippen molar-refractivity contribution in [1.82, 2.24) is 4.98 Å². The topological polar surface area (TPSA) is 30.0 Å². The van der Waals surface area contributed by atoms with Gasteiger partial charge in [0, 0.05) is 12.6 Å². The van der Waals surface area contributed by atoms with E-state index in [4.69, 9.17) is 11.6 Å². The molecule has 0 saturated carbocycles. The number of carbonyl (C=O) groups is 1. The molecule has 1 aromatic rings. The summed E-state index contributed by atoms with van der Waals surface area (Å²) in [6, 6.07) is 3.55. The minimum atomic E-state index is 0.433. The molecule has 0 N–H and O–H groups in total. The van der Waals surface area contributed by atoms with Gasteiger partial charge in [-0.25, -0.2) is 4.98 Å². The van der Waals surface area contributed by atoms with Crippen LogP contribution in [0.1, 0.15) is 12.0 Å². The van der Waals surface area contributed by atoms with E-state index in [1.165, 1.54) is 0 Å². The van der Waals surface area contributed by atoms with Gasteiger partial charge in [0.1, 0.15) is 11.4 Å². The number of nitrogens with zero attached hydrogens (tertiary/aromatic N) is 1. The fourth-order valence-electron chi connectivity index (χ4n) is 0.746. The van der Waals surface area contributed by atoms with Crippen molar-refractivity contribution in [2.45, 2.75) is 6.42 Å². The maximum atomic E-state index is 9.96. The molecule has 0 atom stereocenters. The van der Waals surface area contributed by atoms with E-state index < -0.39 is 0 Å².